The van der Waals surface area contributed by atoms with E-state index in [1.807, 2.05) is 36.1 Å². The molecule has 0 aliphatic heterocycles. The molecule has 1 fully saturated rings. The summed E-state index contributed by atoms with van der Waals surface area (Å²) in [6.07, 6.45) is 2.51. The Balaban J connectivity index is 1.80. The lowest BCUT2D eigenvalue weighted by Crippen LogP contribution is -2.36. The lowest BCUT2D eigenvalue weighted by molar-refractivity contribution is -0.133. The fraction of sp³-hybridized carbons (Fsp3) is 0.533. The van der Waals surface area contributed by atoms with Crippen LogP contribution in [0.3, 0.4) is 0 Å². The monoisotopic (exact) mass is 262 g/mol. The van der Waals surface area contributed by atoms with E-state index in [4.69, 9.17) is 10.5 Å². The van der Waals surface area contributed by atoms with E-state index in [0.717, 1.165) is 18.7 Å². The number of carbonyl (C=O) groups is 1. The van der Waals surface area contributed by atoms with Gasteiger partial charge in [0.15, 0.2) is 6.61 Å². The molecule has 0 heterocycles. The molecule has 2 rings (SSSR count). The number of ether oxygens (including phenoxy) is 1. The SMILES string of the molecule is CCN(CC1CC1)C(=O)COc1ccc(CN)cc1. The number of carbonyl (C=O) groups excluding carboxylic acids is 1. The molecule has 19 heavy (non-hydrogen) atoms. The van der Waals surface area contributed by atoms with Gasteiger partial charge < -0.3 is 15.4 Å². The van der Waals surface area contributed by atoms with Crippen molar-refractivity contribution in [3.05, 3.63) is 29.8 Å². The molecule has 0 radical (unpaired) electrons. The average Bonchev–Trinajstić information content (AvgIpc) is 3.26. The maximum atomic E-state index is 12.0. The summed E-state index contributed by atoms with van der Waals surface area (Å²) in [5.41, 5.74) is 6.59. The molecule has 2 N–H and O–H groups in total. The highest BCUT2D eigenvalue weighted by molar-refractivity contribution is 5.77. The number of nitrogens with zero attached hydrogens (tertiary/aromatic N) is 1. The van der Waals surface area contributed by atoms with Gasteiger partial charge in [-0.25, -0.2) is 0 Å². The highest BCUT2D eigenvalue weighted by Gasteiger charge is 2.25. The van der Waals surface area contributed by atoms with Crippen molar-refractivity contribution in [2.75, 3.05) is 19.7 Å². The van der Waals surface area contributed by atoms with Crippen LogP contribution in [0.2, 0.25) is 0 Å². The zero-order valence-corrected chi connectivity index (χ0v) is 11.5. The Morgan fingerprint density at radius 1 is 1.37 bits per heavy atom. The normalized spacial score (nSPS) is 14.2. The first-order valence-corrected chi connectivity index (χ1v) is 6.92. The van der Waals surface area contributed by atoms with E-state index < -0.39 is 0 Å². The predicted molar refractivity (Wildman–Crippen MR) is 74.8 cm³/mol. The second-order valence-corrected chi connectivity index (χ2v) is 5.01. The fourth-order valence-corrected chi connectivity index (χ4v) is 1.98. The van der Waals surface area contributed by atoms with E-state index in [9.17, 15) is 4.79 Å². The van der Waals surface area contributed by atoms with Crippen LogP contribution in [0.5, 0.6) is 5.75 Å². The lowest BCUT2D eigenvalue weighted by atomic mass is 10.2. The van der Waals surface area contributed by atoms with Gasteiger partial charge in [0.25, 0.3) is 5.91 Å². The zero-order valence-electron chi connectivity index (χ0n) is 11.5. The van der Waals surface area contributed by atoms with Crippen molar-refractivity contribution in [3.63, 3.8) is 0 Å². The summed E-state index contributed by atoms with van der Waals surface area (Å²) >= 11 is 0. The topological polar surface area (TPSA) is 55.6 Å². The smallest absolute Gasteiger partial charge is 0.260 e. The Morgan fingerprint density at radius 3 is 2.58 bits per heavy atom. The maximum absolute atomic E-state index is 12.0. The van der Waals surface area contributed by atoms with Crippen molar-refractivity contribution >= 4 is 5.91 Å². The van der Waals surface area contributed by atoms with E-state index in [0.29, 0.717) is 18.2 Å². The van der Waals surface area contributed by atoms with Crippen molar-refractivity contribution in [2.24, 2.45) is 11.7 Å². The highest BCUT2D eigenvalue weighted by atomic mass is 16.5. The first kappa shape index (κ1) is 13.9. The molecule has 1 amide bonds. The molecule has 1 aliphatic carbocycles. The van der Waals surface area contributed by atoms with E-state index in [-0.39, 0.29) is 12.5 Å². The third-order valence-corrected chi connectivity index (χ3v) is 3.43. The molecule has 1 aliphatic rings. The lowest BCUT2D eigenvalue weighted by Gasteiger charge is -2.20. The Kier molecular flexibility index (Phi) is 4.80. The van der Waals surface area contributed by atoms with Crippen molar-refractivity contribution in [3.8, 4) is 5.75 Å². The van der Waals surface area contributed by atoms with Crippen molar-refractivity contribution in [1.82, 2.24) is 4.90 Å². The molecule has 1 aromatic rings. The predicted octanol–water partition coefficient (Wildman–Crippen LogP) is 1.78. The molecule has 0 unspecified atom stereocenters. The molecule has 0 bridgehead atoms. The number of hydrogen-bond donors (Lipinski definition) is 1. The van der Waals surface area contributed by atoms with E-state index in [2.05, 4.69) is 0 Å². The highest BCUT2D eigenvalue weighted by Crippen LogP contribution is 2.29. The maximum Gasteiger partial charge on any atom is 0.260 e. The summed E-state index contributed by atoms with van der Waals surface area (Å²) < 4.78 is 5.52. The zero-order chi connectivity index (χ0) is 13.7. The summed E-state index contributed by atoms with van der Waals surface area (Å²) in [6.45, 7) is 4.28. The summed E-state index contributed by atoms with van der Waals surface area (Å²) in [7, 11) is 0. The first-order chi connectivity index (χ1) is 9.22. The van der Waals surface area contributed by atoms with Gasteiger partial charge in [0.05, 0.1) is 0 Å². The summed E-state index contributed by atoms with van der Waals surface area (Å²) in [5, 5.41) is 0. The minimum atomic E-state index is 0.0669. The number of amides is 1. The Hall–Kier alpha value is -1.55. The van der Waals surface area contributed by atoms with Gasteiger partial charge in [0, 0.05) is 19.6 Å². The molecule has 4 heteroatoms. The van der Waals surface area contributed by atoms with Crippen molar-refractivity contribution in [1.29, 1.82) is 0 Å². The van der Waals surface area contributed by atoms with E-state index in [1.165, 1.54) is 12.8 Å². The van der Waals surface area contributed by atoms with Crippen LogP contribution in [0.25, 0.3) is 0 Å². The van der Waals surface area contributed by atoms with Gasteiger partial charge in [-0.15, -0.1) is 0 Å². The molecule has 0 spiro atoms. The standard InChI is InChI=1S/C15H22N2O2/c1-2-17(10-13-3-4-13)15(18)11-19-14-7-5-12(9-16)6-8-14/h5-8,13H,2-4,9-11,16H2,1H3. The Bertz CT molecular complexity index is 413. The fourth-order valence-electron chi connectivity index (χ4n) is 1.98. The summed E-state index contributed by atoms with van der Waals surface area (Å²) in [4.78, 5) is 13.9. The van der Waals surface area contributed by atoms with Gasteiger partial charge in [0.1, 0.15) is 5.75 Å². The number of nitrogens with two attached hydrogens (primary N) is 1. The van der Waals surface area contributed by atoms with E-state index >= 15 is 0 Å². The summed E-state index contributed by atoms with van der Waals surface area (Å²) in [5.74, 6) is 1.50. The van der Waals surface area contributed by atoms with Crippen LogP contribution in [0.1, 0.15) is 25.3 Å². The quantitative estimate of drug-likeness (QED) is 0.815. The number of hydrogen-bond acceptors (Lipinski definition) is 3. The average molecular weight is 262 g/mol. The molecular weight excluding hydrogens is 240 g/mol. The summed E-state index contributed by atoms with van der Waals surface area (Å²) in [6, 6.07) is 7.54. The van der Waals surface area contributed by atoms with Crippen LogP contribution in [0.15, 0.2) is 24.3 Å². The van der Waals surface area contributed by atoms with Crippen molar-refractivity contribution < 1.29 is 9.53 Å². The van der Waals surface area contributed by atoms with E-state index in [1.54, 1.807) is 0 Å². The molecule has 4 nitrogen and oxygen atoms in total. The first-order valence-electron chi connectivity index (χ1n) is 6.92. The molecule has 0 saturated heterocycles. The third kappa shape index (κ3) is 4.24. The van der Waals surface area contributed by atoms with Crippen LogP contribution in [-0.4, -0.2) is 30.5 Å². The largest absolute Gasteiger partial charge is 0.484 e. The van der Waals surface area contributed by atoms with Crippen molar-refractivity contribution in [2.45, 2.75) is 26.3 Å². The van der Waals surface area contributed by atoms with Gasteiger partial charge in [0.2, 0.25) is 0 Å². The van der Waals surface area contributed by atoms with Crippen LogP contribution in [-0.2, 0) is 11.3 Å². The van der Waals surface area contributed by atoms with Crippen LogP contribution in [0, 0.1) is 5.92 Å². The molecular formula is C15H22N2O2. The molecule has 1 aromatic carbocycles. The van der Waals surface area contributed by atoms with Gasteiger partial charge in [-0.3, -0.25) is 4.79 Å². The minimum Gasteiger partial charge on any atom is -0.484 e. The molecule has 0 aromatic heterocycles. The van der Waals surface area contributed by atoms with Crippen LogP contribution >= 0.6 is 0 Å². The van der Waals surface area contributed by atoms with Crippen LogP contribution < -0.4 is 10.5 Å². The number of likely N-dealkylation sites (N-methyl/N-ethyl adjacent to an activating group) is 1. The molecule has 0 atom stereocenters. The van der Waals surface area contributed by atoms with Gasteiger partial charge in [-0.05, 0) is 43.4 Å². The minimum absolute atomic E-state index is 0.0669. The number of rotatable bonds is 7. The second-order valence-electron chi connectivity index (χ2n) is 5.01. The number of benzene rings is 1. The molecule has 104 valence electrons. The van der Waals surface area contributed by atoms with Gasteiger partial charge in [-0.2, -0.15) is 0 Å². The Morgan fingerprint density at radius 2 is 2.05 bits per heavy atom. The molecule has 1 saturated carbocycles. The Labute approximate surface area is 114 Å². The van der Waals surface area contributed by atoms with Crippen LogP contribution in [0.4, 0.5) is 0 Å². The second kappa shape index (κ2) is 6.57. The van der Waals surface area contributed by atoms with Gasteiger partial charge >= 0.3 is 0 Å². The van der Waals surface area contributed by atoms with Gasteiger partial charge in [-0.1, -0.05) is 12.1 Å². The third-order valence-electron chi connectivity index (χ3n) is 3.43.